The van der Waals surface area contributed by atoms with Gasteiger partial charge in [-0.2, -0.15) is 0 Å². The van der Waals surface area contributed by atoms with Gasteiger partial charge in [0.05, 0.1) is 6.10 Å². The molecule has 3 heteroatoms. The van der Waals surface area contributed by atoms with Crippen molar-refractivity contribution in [2.75, 3.05) is 0 Å². The molecule has 0 unspecified atom stereocenters. The maximum absolute atomic E-state index is 10.6. The van der Waals surface area contributed by atoms with Crippen LogP contribution in [0, 0.1) is 0 Å². The Kier molecular flexibility index (Phi) is 17.0. The summed E-state index contributed by atoms with van der Waals surface area (Å²) >= 11 is 0. The van der Waals surface area contributed by atoms with Gasteiger partial charge in [-0.3, -0.25) is 0 Å². The molecule has 0 aromatic rings. The molecular formula is C22H40O3. The Labute approximate surface area is 155 Å². The fraction of sp³-hybridized carbons (Fsp3) is 0.773. The minimum atomic E-state index is -0.864. The number of allylic oxidation sites excluding steroid dienone is 1. The molecule has 0 radical (unpaired) electrons. The van der Waals surface area contributed by atoms with E-state index < -0.39 is 5.97 Å². The lowest BCUT2D eigenvalue weighted by molar-refractivity contribution is -0.132. The van der Waals surface area contributed by atoms with Crippen molar-refractivity contribution < 1.29 is 15.0 Å². The quantitative estimate of drug-likeness (QED) is 0.170. The molecule has 1 atom stereocenters. The first-order valence-electron chi connectivity index (χ1n) is 10.3. The van der Waals surface area contributed by atoms with Gasteiger partial charge in [0, 0.05) is 5.57 Å². The zero-order chi connectivity index (χ0) is 18.8. The summed E-state index contributed by atoms with van der Waals surface area (Å²) in [5, 5.41) is 18.6. The minimum absolute atomic E-state index is 0.162. The van der Waals surface area contributed by atoms with Crippen LogP contribution in [0.5, 0.6) is 0 Å². The van der Waals surface area contributed by atoms with Crippen molar-refractivity contribution in [3.8, 4) is 0 Å². The van der Waals surface area contributed by atoms with E-state index in [0.717, 1.165) is 38.5 Å². The standard InChI is InChI=1S/C22H40O3/c1-3-4-5-15-18-21(23)19-16-13-11-9-7-6-8-10-12-14-17-20(2)22(24)25/h13,16,21,23H,2-12,14-15,17-19H2,1H3,(H,24,25)/b16-13-/t21-/m1/s1. The SMILES string of the molecule is C=C(CCCCCCCCC/C=C\C[C@H](O)CCCCCC)C(=O)O. The summed E-state index contributed by atoms with van der Waals surface area (Å²) in [4.78, 5) is 10.6. The number of hydrogen-bond donors (Lipinski definition) is 2. The average Bonchev–Trinajstić information content (AvgIpc) is 2.59. The topological polar surface area (TPSA) is 57.5 Å². The number of aliphatic carboxylic acids is 1. The van der Waals surface area contributed by atoms with Gasteiger partial charge in [-0.1, -0.05) is 83.4 Å². The second-order valence-electron chi connectivity index (χ2n) is 7.13. The van der Waals surface area contributed by atoms with E-state index in [-0.39, 0.29) is 6.10 Å². The van der Waals surface area contributed by atoms with Crippen molar-refractivity contribution in [1.82, 2.24) is 0 Å². The molecule has 0 aliphatic rings. The highest BCUT2D eigenvalue weighted by atomic mass is 16.4. The lowest BCUT2D eigenvalue weighted by atomic mass is 10.0. The number of hydrogen-bond acceptors (Lipinski definition) is 2. The fourth-order valence-electron chi connectivity index (χ4n) is 2.89. The van der Waals surface area contributed by atoms with Crippen molar-refractivity contribution >= 4 is 5.97 Å². The van der Waals surface area contributed by atoms with E-state index >= 15 is 0 Å². The van der Waals surface area contributed by atoms with Gasteiger partial charge in [-0.15, -0.1) is 0 Å². The van der Waals surface area contributed by atoms with Crippen LogP contribution in [0.25, 0.3) is 0 Å². The Morgan fingerprint density at radius 1 is 0.920 bits per heavy atom. The number of unbranched alkanes of at least 4 members (excludes halogenated alkanes) is 10. The van der Waals surface area contributed by atoms with Crippen molar-refractivity contribution in [3.05, 3.63) is 24.3 Å². The highest BCUT2D eigenvalue weighted by Gasteiger charge is 2.02. The van der Waals surface area contributed by atoms with Gasteiger partial charge in [0.2, 0.25) is 0 Å². The van der Waals surface area contributed by atoms with Crippen LogP contribution in [0.2, 0.25) is 0 Å². The second kappa shape index (κ2) is 17.7. The molecule has 3 nitrogen and oxygen atoms in total. The van der Waals surface area contributed by atoms with Crippen molar-refractivity contribution in [2.24, 2.45) is 0 Å². The highest BCUT2D eigenvalue weighted by molar-refractivity contribution is 5.85. The van der Waals surface area contributed by atoms with Gasteiger partial charge in [0.25, 0.3) is 0 Å². The van der Waals surface area contributed by atoms with Gasteiger partial charge in [-0.25, -0.2) is 4.79 Å². The molecule has 0 aromatic carbocycles. The van der Waals surface area contributed by atoms with E-state index in [1.807, 2.05) is 0 Å². The van der Waals surface area contributed by atoms with Gasteiger partial charge in [-0.05, 0) is 38.5 Å². The van der Waals surface area contributed by atoms with Crippen LogP contribution in [0.1, 0.15) is 103 Å². The predicted octanol–water partition coefficient (Wildman–Crippen LogP) is 6.42. The molecule has 0 rings (SSSR count). The summed E-state index contributed by atoms with van der Waals surface area (Å²) in [6.45, 7) is 5.76. The molecule has 0 saturated heterocycles. The first-order valence-corrected chi connectivity index (χ1v) is 10.3. The average molecular weight is 353 g/mol. The molecular weight excluding hydrogens is 312 g/mol. The minimum Gasteiger partial charge on any atom is -0.478 e. The number of carboxylic acids is 1. The third-order valence-corrected chi connectivity index (χ3v) is 4.62. The summed E-state index contributed by atoms with van der Waals surface area (Å²) in [5.74, 6) is -0.864. The number of rotatable bonds is 18. The van der Waals surface area contributed by atoms with Crippen LogP contribution in [0.4, 0.5) is 0 Å². The second-order valence-corrected chi connectivity index (χ2v) is 7.13. The van der Waals surface area contributed by atoms with E-state index in [9.17, 15) is 9.90 Å². The Morgan fingerprint density at radius 2 is 1.52 bits per heavy atom. The largest absolute Gasteiger partial charge is 0.478 e. The van der Waals surface area contributed by atoms with Crippen LogP contribution in [0.15, 0.2) is 24.3 Å². The Bertz CT molecular complexity index is 360. The van der Waals surface area contributed by atoms with Gasteiger partial charge in [0.1, 0.15) is 0 Å². The summed E-state index contributed by atoms with van der Waals surface area (Å²) in [6.07, 6.45) is 20.8. The molecule has 0 spiro atoms. The predicted molar refractivity (Wildman–Crippen MR) is 107 cm³/mol. The summed E-state index contributed by atoms with van der Waals surface area (Å²) < 4.78 is 0. The summed E-state index contributed by atoms with van der Waals surface area (Å²) in [5.41, 5.74) is 0.331. The molecule has 0 aromatic heterocycles. The number of carboxylic acid groups (broad SMARTS) is 1. The lowest BCUT2D eigenvalue weighted by Crippen LogP contribution is -2.04. The normalized spacial score (nSPS) is 12.6. The third kappa shape index (κ3) is 17.5. The molecule has 0 aliphatic heterocycles. The molecule has 0 bridgehead atoms. The molecule has 2 N–H and O–H groups in total. The first kappa shape index (κ1) is 23.9. The van der Waals surface area contributed by atoms with Gasteiger partial charge < -0.3 is 10.2 Å². The van der Waals surface area contributed by atoms with Crippen LogP contribution in [0.3, 0.4) is 0 Å². The van der Waals surface area contributed by atoms with Crippen molar-refractivity contribution in [2.45, 2.75) is 109 Å². The molecule has 0 aliphatic carbocycles. The van der Waals surface area contributed by atoms with E-state index in [1.54, 1.807) is 0 Å². The smallest absolute Gasteiger partial charge is 0.330 e. The van der Waals surface area contributed by atoms with Crippen LogP contribution >= 0.6 is 0 Å². The molecule has 0 amide bonds. The molecule has 146 valence electrons. The highest BCUT2D eigenvalue weighted by Crippen LogP contribution is 2.13. The van der Waals surface area contributed by atoms with Crippen LogP contribution in [-0.4, -0.2) is 22.3 Å². The monoisotopic (exact) mass is 352 g/mol. The van der Waals surface area contributed by atoms with Crippen molar-refractivity contribution in [3.63, 3.8) is 0 Å². The number of aliphatic hydroxyl groups is 1. The van der Waals surface area contributed by atoms with E-state index in [4.69, 9.17) is 5.11 Å². The number of carbonyl (C=O) groups is 1. The Morgan fingerprint density at radius 3 is 2.16 bits per heavy atom. The van der Waals surface area contributed by atoms with Gasteiger partial charge in [0.15, 0.2) is 0 Å². The maximum Gasteiger partial charge on any atom is 0.330 e. The van der Waals surface area contributed by atoms with Crippen LogP contribution < -0.4 is 0 Å². The zero-order valence-electron chi connectivity index (χ0n) is 16.3. The molecule has 25 heavy (non-hydrogen) atoms. The fourth-order valence-corrected chi connectivity index (χ4v) is 2.89. The lowest BCUT2D eigenvalue weighted by Gasteiger charge is -2.07. The van der Waals surface area contributed by atoms with E-state index in [1.165, 1.54) is 51.4 Å². The number of aliphatic hydroxyl groups excluding tert-OH is 1. The molecule has 0 heterocycles. The molecule has 0 fully saturated rings. The zero-order valence-corrected chi connectivity index (χ0v) is 16.3. The summed E-state index contributed by atoms with van der Waals surface area (Å²) in [6, 6.07) is 0. The maximum atomic E-state index is 10.6. The van der Waals surface area contributed by atoms with E-state index in [2.05, 4.69) is 25.7 Å². The molecule has 0 saturated carbocycles. The van der Waals surface area contributed by atoms with E-state index in [0.29, 0.717) is 12.0 Å². The van der Waals surface area contributed by atoms with Crippen LogP contribution in [-0.2, 0) is 4.79 Å². The van der Waals surface area contributed by atoms with Crippen molar-refractivity contribution in [1.29, 1.82) is 0 Å². The Hall–Kier alpha value is -1.09. The third-order valence-electron chi connectivity index (χ3n) is 4.62. The van der Waals surface area contributed by atoms with Gasteiger partial charge >= 0.3 is 5.97 Å². The first-order chi connectivity index (χ1) is 12.1. The summed E-state index contributed by atoms with van der Waals surface area (Å²) in [7, 11) is 0. The Balaban J connectivity index is 3.29.